The number of aromatic nitrogens is 2. The van der Waals surface area contributed by atoms with Gasteiger partial charge in [-0.2, -0.15) is 5.10 Å². The van der Waals surface area contributed by atoms with Crippen LogP contribution in [0.25, 0.3) is 0 Å². The Balaban J connectivity index is 1.62. The fraction of sp³-hybridized carbons (Fsp3) is 0.800. The van der Waals surface area contributed by atoms with Crippen molar-refractivity contribution in [1.82, 2.24) is 9.78 Å². The molecule has 0 amide bonds. The van der Waals surface area contributed by atoms with Crippen molar-refractivity contribution in [3.05, 3.63) is 11.3 Å². The second-order valence-corrected chi connectivity index (χ2v) is 7.36. The van der Waals surface area contributed by atoms with Gasteiger partial charge < -0.3 is 10.5 Å². The average molecular weight is 259 g/mol. The molecule has 5 aliphatic rings. The summed E-state index contributed by atoms with van der Waals surface area (Å²) in [5.74, 6) is 3.69. The van der Waals surface area contributed by atoms with E-state index in [0.717, 1.165) is 34.8 Å². The number of rotatable bonds is 1. The largest absolute Gasteiger partial charge is 0.384 e. The van der Waals surface area contributed by atoms with Crippen molar-refractivity contribution in [2.24, 2.45) is 17.8 Å². The van der Waals surface area contributed by atoms with E-state index in [1.54, 1.807) is 0 Å². The summed E-state index contributed by atoms with van der Waals surface area (Å²) >= 11 is 0. The third-order valence-corrected chi connectivity index (χ3v) is 6.05. The maximum atomic E-state index is 6.40. The summed E-state index contributed by atoms with van der Waals surface area (Å²) in [6.07, 6.45) is 8.32. The third-order valence-electron chi connectivity index (χ3n) is 6.05. The molecule has 4 fully saturated rings. The highest BCUT2D eigenvalue weighted by Crippen LogP contribution is 2.59. The van der Waals surface area contributed by atoms with Crippen molar-refractivity contribution in [2.75, 3.05) is 5.73 Å². The molecule has 102 valence electrons. The minimum Gasteiger partial charge on any atom is -0.384 e. The Bertz CT molecular complexity index is 513. The lowest BCUT2D eigenvalue weighted by atomic mass is 9.53. The standard InChI is InChI=1S/C15H21N3O/c16-14-12-7-19-8-13(12)17-18(14)15-4-9-1-10(5-15)3-11(2-9)6-15/h9-11H,1-8,16H2. The second-order valence-electron chi connectivity index (χ2n) is 7.36. The van der Waals surface area contributed by atoms with Gasteiger partial charge in [0.15, 0.2) is 0 Å². The lowest BCUT2D eigenvalue weighted by molar-refractivity contribution is -0.0488. The first-order valence-corrected chi connectivity index (χ1v) is 7.68. The molecule has 4 saturated carbocycles. The summed E-state index contributed by atoms with van der Waals surface area (Å²) in [6.45, 7) is 1.31. The van der Waals surface area contributed by atoms with Crippen molar-refractivity contribution in [1.29, 1.82) is 0 Å². The maximum Gasteiger partial charge on any atom is 0.128 e. The van der Waals surface area contributed by atoms with Gasteiger partial charge in [0.25, 0.3) is 0 Å². The van der Waals surface area contributed by atoms with Crippen LogP contribution in [0.2, 0.25) is 0 Å². The molecule has 4 bridgehead atoms. The van der Waals surface area contributed by atoms with Crippen LogP contribution in [-0.4, -0.2) is 9.78 Å². The molecule has 2 heterocycles. The van der Waals surface area contributed by atoms with Crippen molar-refractivity contribution in [3.63, 3.8) is 0 Å². The van der Waals surface area contributed by atoms with Gasteiger partial charge in [0.1, 0.15) is 5.82 Å². The van der Waals surface area contributed by atoms with Gasteiger partial charge in [0.2, 0.25) is 0 Å². The Labute approximate surface area is 113 Å². The van der Waals surface area contributed by atoms with Gasteiger partial charge in [-0.05, 0) is 56.3 Å². The second kappa shape index (κ2) is 3.35. The fourth-order valence-electron chi connectivity index (χ4n) is 5.72. The molecule has 2 N–H and O–H groups in total. The molecule has 1 aromatic rings. The zero-order valence-electron chi connectivity index (χ0n) is 11.3. The molecule has 1 aliphatic heterocycles. The Morgan fingerprint density at radius 1 is 1.05 bits per heavy atom. The topological polar surface area (TPSA) is 53.1 Å². The maximum absolute atomic E-state index is 6.40. The molecule has 0 unspecified atom stereocenters. The molecule has 6 rings (SSSR count). The highest BCUT2D eigenvalue weighted by molar-refractivity contribution is 5.45. The van der Waals surface area contributed by atoms with Crippen LogP contribution in [0.4, 0.5) is 5.82 Å². The van der Waals surface area contributed by atoms with E-state index in [2.05, 4.69) is 4.68 Å². The fourth-order valence-corrected chi connectivity index (χ4v) is 5.72. The molecular weight excluding hydrogens is 238 g/mol. The highest BCUT2D eigenvalue weighted by atomic mass is 16.5. The molecule has 19 heavy (non-hydrogen) atoms. The van der Waals surface area contributed by atoms with Crippen molar-refractivity contribution in [2.45, 2.75) is 57.3 Å². The van der Waals surface area contributed by atoms with E-state index < -0.39 is 0 Å². The number of hydrogen-bond acceptors (Lipinski definition) is 3. The van der Waals surface area contributed by atoms with Gasteiger partial charge in [0.05, 0.1) is 24.4 Å². The Morgan fingerprint density at radius 2 is 1.68 bits per heavy atom. The molecule has 0 spiro atoms. The number of nitrogens with two attached hydrogens (primary N) is 1. The normalized spacial score (nSPS) is 42.8. The van der Waals surface area contributed by atoms with Gasteiger partial charge in [0, 0.05) is 5.56 Å². The molecule has 4 nitrogen and oxygen atoms in total. The van der Waals surface area contributed by atoms with Gasteiger partial charge >= 0.3 is 0 Å². The quantitative estimate of drug-likeness (QED) is 0.842. The lowest BCUT2D eigenvalue weighted by Crippen LogP contribution is -2.52. The van der Waals surface area contributed by atoms with Crippen LogP contribution in [0.1, 0.15) is 49.8 Å². The summed E-state index contributed by atoms with van der Waals surface area (Å²) in [5, 5.41) is 4.85. The predicted molar refractivity (Wildman–Crippen MR) is 71.3 cm³/mol. The van der Waals surface area contributed by atoms with E-state index in [-0.39, 0.29) is 5.54 Å². The Morgan fingerprint density at radius 3 is 2.26 bits per heavy atom. The van der Waals surface area contributed by atoms with E-state index in [1.807, 2.05) is 0 Å². The minimum absolute atomic E-state index is 0.253. The first kappa shape index (κ1) is 10.7. The van der Waals surface area contributed by atoms with Crippen LogP contribution in [-0.2, 0) is 23.5 Å². The van der Waals surface area contributed by atoms with Gasteiger partial charge in [-0.1, -0.05) is 0 Å². The summed E-state index contributed by atoms with van der Waals surface area (Å²) in [6, 6.07) is 0. The van der Waals surface area contributed by atoms with Crippen molar-refractivity contribution < 1.29 is 4.74 Å². The number of hydrogen-bond donors (Lipinski definition) is 1. The van der Waals surface area contributed by atoms with Gasteiger partial charge in [-0.3, -0.25) is 0 Å². The number of ether oxygens (including phenoxy) is 1. The van der Waals surface area contributed by atoms with E-state index in [1.165, 1.54) is 38.5 Å². The summed E-state index contributed by atoms with van der Waals surface area (Å²) < 4.78 is 7.68. The van der Waals surface area contributed by atoms with Crippen LogP contribution in [0.15, 0.2) is 0 Å². The predicted octanol–water partition coefficient (Wildman–Crippen LogP) is 2.42. The summed E-state index contributed by atoms with van der Waals surface area (Å²) in [4.78, 5) is 0. The van der Waals surface area contributed by atoms with Crippen LogP contribution < -0.4 is 5.73 Å². The summed E-state index contributed by atoms with van der Waals surface area (Å²) in [7, 11) is 0. The average Bonchev–Trinajstić information content (AvgIpc) is 2.91. The van der Waals surface area contributed by atoms with E-state index >= 15 is 0 Å². The first-order valence-electron chi connectivity index (χ1n) is 7.68. The number of nitrogens with zero attached hydrogens (tertiary/aromatic N) is 2. The molecular formula is C15H21N3O. The minimum atomic E-state index is 0.253. The molecule has 0 aromatic carbocycles. The van der Waals surface area contributed by atoms with E-state index in [4.69, 9.17) is 15.6 Å². The van der Waals surface area contributed by atoms with Crippen LogP contribution in [0.5, 0.6) is 0 Å². The number of anilines is 1. The number of nitrogen functional groups attached to an aromatic ring is 1. The van der Waals surface area contributed by atoms with Crippen LogP contribution in [0.3, 0.4) is 0 Å². The molecule has 0 saturated heterocycles. The molecule has 1 aromatic heterocycles. The summed E-state index contributed by atoms with van der Waals surface area (Å²) in [5.41, 5.74) is 8.90. The third kappa shape index (κ3) is 1.31. The zero-order valence-corrected chi connectivity index (χ0v) is 11.3. The van der Waals surface area contributed by atoms with Crippen molar-refractivity contribution >= 4 is 5.82 Å². The van der Waals surface area contributed by atoms with Crippen molar-refractivity contribution in [3.8, 4) is 0 Å². The van der Waals surface area contributed by atoms with Crippen LogP contribution in [0, 0.1) is 17.8 Å². The molecule has 4 heteroatoms. The SMILES string of the molecule is Nc1c2c(nn1C13CC4CC(CC(C4)C1)C3)COC2. The molecule has 0 radical (unpaired) electrons. The van der Waals surface area contributed by atoms with Gasteiger partial charge in [-0.15, -0.1) is 0 Å². The zero-order chi connectivity index (χ0) is 12.6. The van der Waals surface area contributed by atoms with Gasteiger partial charge in [-0.25, -0.2) is 4.68 Å². The smallest absolute Gasteiger partial charge is 0.128 e. The highest BCUT2D eigenvalue weighted by Gasteiger charge is 2.53. The Hall–Kier alpha value is -1.03. The van der Waals surface area contributed by atoms with Crippen LogP contribution >= 0.6 is 0 Å². The molecule has 4 aliphatic carbocycles. The molecule has 0 atom stereocenters. The first-order chi connectivity index (χ1) is 9.23. The Kier molecular flexibility index (Phi) is 1.89. The van der Waals surface area contributed by atoms with E-state index in [9.17, 15) is 0 Å². The monoisotopic (exact) mass is 259 g/mol. The van der Waals surface area contributed by atoms with E-state index in [0.29, 0.717) is 13.2 Å². The lowest BCUT2D eigenvalue weighted by Gasteiger charge is -2.56. The number of fused-ring (bicyclic) bond motifs is 1.